The summed E-state index contributed by atoms with van der Waals surface area (Å²) in [6.07, 6.45) is 4.58. The first kappa shape index (κ1) is 9.22. The number of pyridine rings is 1. The summed E-state index contributed by atoms with van der Waals surface area (Å²) in [6.45, 7) is 0. The van der Waals surface area contributed by atoms with E-state index >= 15 is 0 Å². The van der Waals surface area contributed by atoms with Gasteiger partial charge in [0, 0.05) is 23.9 Å². The fourth-order valence-electron chi connectivity index (χ4n) is 1.46. The average molecular weight is 234 g/mol. The van der Waals surface area contributed by atoms with Crippen LogP contribution in [-0.4, -0.2) is 24.9 Å². The smallest absolute Gasteiger partial charge is 0.258 e. The lowest BCUT2D eigenvalue weighted by atomic mass is 10.4. The maximum Gasteiger partial charge on any atom is 0.258 e. The number of nitrogens with one attached hydrogen (secondary N) is 1. The number of amides is 1. The number of hydrogen-bond donors (Lipinski definition) is 1. The van der Waals surface area contributed by atoms with E-state index in [0.717, 1.165) is 5.39 Å². The van der Waals surface area contributed by atoms with Crippen molar-refractivity contribution in [2.45, 2.75) is 0 Å². The first-order valence-electron chi connectivity index (χ1n) is 4.49. The van der Waals surface area contributed by atoms with Gasteiger partial charge in [-0.25, -0.2) is 13.9 Å². The van der Waals surface area contributed by atoms with Crippen LogP contribution < -0.4 is 4.72 Å². The third-order valence-electron chi connectivity index (χ3n) is 2.14. The van der Waals surface area contributed by atoms with Gasteiger partial charge in [0.15, 0.2) is 21.7 Å². The molecule has 1 aliphatic rings. The summed E-state index contributed by atoms with van der Waals surface area (Å²) in [5.74, 6) is -0.374. The molecular weight excluding hydrogens is 228 g/mol. The summed E-state index contributed by atoms with van der Waals surface area (Å²) in [5.41, 5.74) is 0.555. The molecule has 0 bridgehead atoms. The fourth-order valence-corrected chi connectivity index (χ4v) is 2.28. The zero-order valence-electron chi connectivity index (χ0n) is 7.95. The minimum absolute atomic E-state index is 0.322. The largest absolute Gasteiger partial charge is 0.269 e. The van der Waals surface area contributed by atoms with E-state index in [1.165, 1.54) is 10.8 Å². The van der Waals surface area contributed by atoms with E-state index in [4.69, 9.17) is 0 Å². The van der Waals surface area contributed by atoms with E-state index in [0.29, 0.717) is 10.7 Å². The molecule has 0 saturated heterocycles. The monoisotopic (exact) mass is 234 g/mol. The van der Waals surface area contributed by atoms with Gasteiger partial charge < -0.3 is 0 Å². The minimum Gasteiger partial charge on any atom is -0.269 e. The molecular formula is C9H6N4O2S. The number of carbonyl (C=O) groups is 1. The first-order valence-corrected chi connectivity index (χ1v) is 5.64. The van der Waals surface area contributed by atoms with Crippen LogP contribution in [-0.2, 0) is 15.8 Å². The second-order valence-electron chi connectivity index (χ2n) is 3.21. The maximum atomic E-state index is 11.5. The van der Waals surface area contributed by atoms with E-state index in [-0.39, 0.29) is 5.91 Å². The Morgan fingerprint density at radius 3 is 3.00 bits per heavy atom. The molecule has 1 unspecified atom stereocenters. The van der Waals surface area contributed by atoms with E-state index in [9.17, 15) is 9.00 Å². The Labute approximate surface area is 92.6 Å². The number of fused-ring (bicyclic) bond motifs is 1. The van der Waals surface area contributed by atoms with Gasteiger partial charge in [0.25, 0.3) is 5.91 Å². The van der Waals surface area contributed by atoms with Crippen molar-refractivity contribution in [3.05, 3.63) is 30.6 Å². The molecule has 1 amide bonds. The van der Waals surface area contributed by atoms with Crippen molar-refractivity contribution in [1.82, 2.24) is 19.5 Å². The fraction of sp³-hybridized carbons (Fsp3) is 0. The Morgan fingerprint density at radius 2 is 2.31 bits per heavy atom. The van der Waals surface area contributed by atoms with Gasteiger partial charge in [-0.2, -0.15) is 0 Å². The van der Waals surface area contributed by atoms with Crippen molar-refractivity contribution in [1.29, 1.82) is 0 Å². The number of hydrogen-bond acceptors (Lipinski definition) is 4. The van der Waals surface area contributed by atoms with Gasteiger partial charge >= 0.3 is 0 Å². The van der Waals surface area contributed by atoms with Crippen molar-refractivity contribution < 1.29 is 9.00 Å². The third kappa shape index (κ3) is 1.33. The molecule has 2 aromatic heterocycles. The molecule has 0 radical (unpaired) electrons. The molecule has 2 aromatic rings. The topological polar surface area (TPSA) is 76.9 Å². The minimum atomic E-state index is -1.53. The quantitative estimate of drug-likeness (QED) is 0.754. The Hall–Kier alpha value is -2.02. The molecule has 7 heteroatoms. The highest BCUT2D eigenvalue weighted by Crippen LogP contribution is 2.16. The standard InChI is InChI=1S/C9H6N4O2S/c14-7-4-8(16(15)12-7)13-5-6-2-1-3-10-9(6)11-13/h1-5H,(H,12,14). The van der Waals surface area contributed by atoms with Crippen LogP contribution >= 0.6 is 0 Å². The van der Waals surface area contributed by atoms with E-state index < -0.39 is 11.0 Å². The molecule has 6 nitrogen and oxygen atoms in total. The summed E-state index contributed by atoms with van der Waals surface area (Å²) in [4.78, 5) is 15.1. The van der Waals surface area contributed by atoms with Crippen LogP contribution in [0, 0.1) is 0 Å². The number of nitrogens with zero attached hydrogens (tertiary/aromatic N) is 3. The number of carbonyl (C=O) groups excluding carboxylic acids is 1. The van der Waals surface area contributed by atoms with E-state index in [1.807, 2.05) is 6.07 Å². The highest BCUT2D eigenvalue weighted by molar-refractivity contribution is 7.93. The van der Waals surface area contributed by atoms with Gasteiger partial charge in [0.05, 0.1) is 0 Å². The molecule has 3 heterocycles. The van der Waals surface area contributed by atoms with Gasteiger partial charge in [0.2, 0.25) is 0 Å². The zero-order valence-corrected chi connectivity index (χ0v) is 8.77. The maximum absolute atomic E-state index is 11.5. The molecule has 0 saturated carbocycles. The van der Waals surface area contributed by atoms with Crippen molar-refractivity contribution in [2.75, 3.05) is 0 Å². The summed E-state index contributed by atoms with van der Waals surface area (Å²) >= 11 is 0. The summed E-state index contributed by atoms with van der Waals surface area (Å²) in [6, 6.07) is 3.64. The van der Waals surface area contributed by atoms with Crippen molar-refractivity contribution >= 4 is 33.0 Å². The number of rotatable bonds is 1. The average Bonchev–Trinajstić information content (AvgIpc) is 2.81. The van der Waals surface area contributed by atoms with Crippen LogP contribution in [0.5, 0.6) is 0 Å². The zero-order chi connectivity index (χ0) is 11.1. The lowest BCUT2D eigenvalue weighted by Crippen LogP contribution is -2.17. The molecule has 80 valence electrons. The first-order chi connectivity index (χ1) is 7.74. The van der Waals surface area contributed by atoms with Crippen LogP contribution in [0.2, 0.25) is 0 Å². The SMILES string of the molecule is O=C1C=C(n2cc3cccnc3n2)S(=O)N1. The summed E-state index contributed by atoms with van der Waals surface area (Å²) in [5, 5.41) is 5.29. The van der Waals surface area contributed by atoms with Crippen LogP contribution in [0.3, 0.4) is 0 Å². The molecule has 1 atom stereocenters. The summed E-state index contributed by atoms with van der Waals surface area (Å²) < 4.78 is 15.2. The molecule has 1 aliphatic heterocycles. The van der Waals surface area contributed by atoms with Crippen molar-refractivity contribution in [2.24, 2.45) is 0 Å². The lowest BCUT2D eigenvalue weighted by Gasteiger charge is -1.97. The Balaban J connectivity index is 2.16. The van der Waals surface area contributed by atoms with Gasteiger partial charge in [-0.05, 0) is 12.1 Å². The van der Waals surface area contributed by atoms with Gasteiger partial charge in [-0.3, -0.25) is 9.52 Å². The highest BCUT2D eigenvalue weighted by Gasteiger charge is 2.22. The Morgan fingerprint density at radius 1 is 1.44 bits per heavy atom. The second kappa shape index (κ2) is 3.24. The van der Waals surface area contributed by atoms with Crippen LogP contribution in [0.1, 0.15) is 0 Å². The molecule has 0 aliphatic carbocycles. The van der Waals surface area contributed by atoms with Gasteiger partial charge in [-0.15, -0.1) is 5.10 Å². The molecule has 0 fully saturated rings. The molecule has 1 N–H and O–H groups in total. The van der Waals surface area contributed by atoms with Gasteiger partial charge in [-0.1, -0.05) is 0 Å². The second-order valence-corrected chi connectivity index (χ2v) is 4.37. The molecule has 0 aromatic carbocycles. The molecule has 3 rings (SSSR count). The van der Waals surface area contributed by atoms with Crippen molar-refractivity contribution in [3.8, 4) is 0 Å². The van der Waals surface area contributed by atoms with Crippen LogP contribution in [0.15, 0.2) is 30.6 Å². The normalized spacial score (nSPS) is 19.9. The predicted octanol–water partition coefficient (Wildman–Crippen LogP) is 0.0232. The van der Waals surface area contributed by atoms with Crippen LogP contribution in [0.4, 0.5) is 0 Å². The predicted molar refractivity (Wildman–Crippen MR) is 58.1 cm³/mol. The van der Waals surface area contributed by atoms with Crippen molar-refractivity contribution in [3.63, 3.8) is 0 Å². The van der Waals surface area contributed by atoms with E-state index in [1.54, 1.807) is 18.5 Å². The molecule has 16 heavy (non-hydrogen) atoms. The summed E-state index contributed by atoms with van der Waals surface area (Å²) in [7, 11) is -1.53. The Kier molecular flexibility index (Phi) is 1.87. The highest BCUT2D eigenvalue weighted by atomic mass is 32.2. The lowest BCUT2D eigenvalue weighted by molar-refractivity contribution is -0.114. The molecule has 0 spiro atoms. The number of aromatic nitrogens is 3. The Bertz CT molecular complexity index is 613. The van der Waals surface area contributed by atoms with E-state index in [2.05, 4.69) is 14.8 Å². The third-order valence-corrected chi connectivity index (χ3v) is 3.22. The van der Waals surface area contributed by atoms with Gasteiger partial charge in [0.1, 0.15) is 0 Å². The van der Waals surface area contributed by atoms with Crippen LogP contribution in [0.25, 0.3) is 16.1 Å².